The van der Waals surface area contributed by atoms with Gasteiger partial charge >= 0.3 is 0 Å². The highest BCUT2D eigenvalue weighted by Crippen LogP contribution is 2.28. The number of benzene rings is 1. The number of aromatic hydroxyl groups is 1. The molecule has 0 spiro atoms. The van der Waals surface area contributed by atoms with Crippen LogP contribution in [-0.2, 0) is 4.74 Å². The Bertz CT molecular complexity index is 693. The van der Waals surface area contributed by atoms with Crippen molar-refractivity contribution in [1.29, 1.82) is 0 Å². The number of aliphatic hydroxyl groups excluding tert-OH is 4. The average Bonchev–Trinajstić information content (AvgIpc) is 2.55. The minimum atomic E-state index is -1.51. The zero-order chi connectivity index (χ0) is 16.6. The van der Waals surface area contributed by atoms with E-state index in [1.54, 1.807) is 18.2 Å². The summed E-state index contributed by atoms with van der Waals surface area (Å²) in [5, 5.41) is 48.9. The highest BCUT2D eigenvalue weighted by Gasteiger charge is 2.44. The van der Waals surface area contributed by atoms with E-state index in [1.165, 1.54) is 12.3 Å². The molecule has 1 unspecified atom stereocenters. The lowest BCUT2D eigenvalue weighted by Crippen LogP contribution is -2.60. The number of fused-ring (bicyclic) bond motifs is 1. The van der Waals surface area contributed by atoms with Crippen LogP contribution in [0.2, 0.25) is 0 Å². The summed E-state index contributed by atoms with van der Waals surface area (Å²) in [6, 6.07) is 6.47. The molecule has 1 aliphatic rings. The van der Waals surface area contributed by atoms with Crippen LogP contribution in [0, 0.1) is 0 Å². The van der Waals surface area contributed by atoms with Crippen molar-refractivity contribution in [1.82, 2.24) is 4.98 Å². The molecule has 124 valence electrons. The van der Waals surface area contributed by atoms with Crippen molar-refractivity contribution in [3.05, 3.63) is 30.5 Å². The zero-order valence-electron chi connectivity index (χ0n) is 12.0. The molecule has 0 amide bonds. The Labute approximate surface area is 131 Å². The first-order valence-electron chi connectivity index (χ1n) is 7.06. The summed E-state index contributed by atoms with van der Waals surface area (Å²) >= 11 is 0. The maximum Gasteiger partial charge on any atom is 0.229 e. The predicted molar refractivity (Wildman–Crippen MR) is 77.8 cm³/mol. The first-order chi connectivity index (χ1) is 11.0. The zero-order valence-corrected chi connectivity index (χ0v) is 12.0. The summed E-state index contributed by atoms with van der Waals surface area (Å²) in [4.78, 5) is 4.07. The minimum Gasteiger partial charge on any atom is -0.506 e. The van der Waals surface area contributed by atoms with E-state index in [-0.39, 0.29) is 11.5 Å². The monoisotopic (exact) mass is 323 g/mol. The molecular formula is C15H17NO7. The van der Waals surface area contributed by atoms with Crippen molar-refractivity contribution < 1.29 is 35.0 Å². The summed E-state index contributed by atoms with van der Waals surface area (Å²) in [6.07, 6.45) is -5.43. The van der Waals surface area contributed by atoms with Crippen LogP contribution in [0.1, 0.15) is 0 Å². The fourth-order valence-corrected chi connectivity index (χ4v) is 2.49. The van der Waals surface area contributed by atoms with E-state index < -0.39 is 37.3 Å². The fraction of sp³-hybridized carbons (Fsp3) is 0.400. The van der Waals surface area contributed by atoms with Gasteiger partial charge in [-0.05, 0) is 12.1 Å². The number of para-hydroxylation sites is 1. The third kappa shape index (κ3) is 2.94. The Kier molecular flexibility index (Phi) is 4.33. The van der Waals surface area contributed by atoms with Gasteiger partial charge in [-0.25, -0.2) is 4.98 Å². The van der Waals surface area contributed by atoms with Crippen molar-refractivity contribution in [3.63, 3.8) is 0 Å². The number of aromatic nitrogens is 1. The molecule has 23 heavy (non-hydrogen) atoms. The van der Waals surface area contributed by atoms with Crippen LogP contribution in [-0.4, -0.2) is 67.8 Å². The van der Waals surface area contributed by atoms with Gasteiger partial charge in [0.05, 0.1) is 12.8 Å². The molecule has 8 heteroatoms. The second kappa shape index (κ2) is 6.26. The van der Waals surface area contributed by atoms with E-state index in [2.05, 4.69) is 4.98 Å². The number of aliphatic hydroxyl groups is 4. The van der Waals surface area contributed by atoms with Crippen LogP contribution in [0.3, 0.4) is 0 Å². The first kappa shape index (κ1) is 15.9. The smallest absolute Gasteiger partial charge is 0.229 e. The maximum atomic E-state index is 9.94. The molecule has 0 bridgehead atoms. The van der Waals surface area contributed by atoms with Gasteiger partial charge < -0.3 is 35.0 Å². The molecule has 1 fully saturated rings. The number of nitrogens with zero attached hydrogens (tertiary/aromatic N) is 1. The molecule has 2 heterocycles. The Balaban J connectivity index is 1.83. The molecule has 0 aliphatic carbocycles. The normalized spacial score (nSPS) is 31.2. The SMILES string of the molecule is OC[C@H]1OC(Oc2cnc3c(O)cccc3c2)[C@H](O)[C@@H](O)[C@@H]1O. The molecule has 3 rings (SSSR count). The number of pyridine rings is 1. The number of hydrogen-bond acceptors (Lipinski definition) is 8. The van der Waals surface area contributed by atoms with E-state index in [0.29, 0.717) is 10.9 Å². The minimum absolute atomic E-state index is 0.0295. The first-order valence-corrected chi connectivity index (χ1v) is 7.06. The van der Waals surface area contributed by atoms with Gasteiger partial charge in [-0.3, -0.25) is 0 Å². The molecule has 0 radical (unpaired) electrons. The van der Waals surface area contributed by atoms with E-state index in [9.17, 15) is 20.4 Å². The van der Waals surface area contributed by atoms with Crippen LogP contribution in [0.25, 0.3) is 10.9 Å². The van der Waals surface area contributed by atoms with Gasteiger partial charge in [0.2, 0.25) is 6.29 Å². The lowest BCUT2D eigenvalue weighted by Gasteiger charge is -2.39. The van der Waals surface area contributed by atoms with Gasteiger partial charge in [0.1, 0.15) is 41.4 Å². The van der Waals surface area contributed by atoms with Gasteiger partial charge in [-0.15, -0.1) is 0 Å². The van der Waals surface area contributed by atoms with E-state index in [1.807, 2.05) is 0 Å². The predicted octanol–water partition coefficient (Wildman–Crippen LogP) is -0.881. The lowest BCUT2D eigenvalue weighted by atomic mass is 9.99. The molecule has 0 saturated carbocycles. The van der Waals surface area contributed by atoms with Crippen LogP contribution in [0.15, 0.2) is 30.5 Å². The van der Waals surface area contributed by atoms with E-state index in [0.717, 1.165) is 0 Å². The highest BCUT2D eigenvalue weighted by molar-refractivity contribution is 5.84. The second-order valence-electron chi connectivity index (χ2n) is 5.34. The van der Waals surface area contributed by atoms with Gasteiger partial charge in [0, 0.05) is 5.39 Å². The van der Waals surface area contributed by atoms with Gasteiger partial charge in [-0.1, -0.05) is 12.1 Å². The Morgan fingerprint density at radius 2 is 1.91 bits per heavy atom. The van der Waals surface area contributed by atoms with Crippen LogP contribution >= 0.6 is 0 Å². The molecule has 1 aromatic heterocycles. The molecule has 2 aromatic rings. The van der Waals surface area contributed by atoms with Gasteiger partial charge in [0.15, 0.2) is 0 Å². The largest absolute Gasteiger partial charge is 0.506 e. The van der Waals surface area contributed by atoms with Crippen molar-refractivity contribution in [2.24, 2.45) is 0 Å². The summed E-state index contributed by atoms with van der Waals surface area (Å²) in [5.74, 6) is 0.273. The Morgan fingerprint density at radius 1 is 1.13 bits per heavy atom. The third-order valence-corrected chi connectivity index (χ3v) is 3.77. The average molecular weight is 323 g/mol. The summed E-state index contributed by atoms with van der Waals surface area (Å²) in [6.45, 7) is -0.533. The summed E-state index contributed by atoms with van der Waals surface area (Å²) in [7, 11) is 0. The van der Waals surface area contributed by atoms with Gasteiger partial charge in [0.25, 0.3) is 0 Å². The van der Waals surface area contributed by atoms with Crippen molar-refractivity contribution >= 4 is 10.9 Å². The van der Waals surface area contributed by atoms with Crippen LogP contribution in [0.4, 0.5) is 0 Å². The molecule has 1 saturated heterocycles. The summed E-state index contributed by atoms with van der Waals surface area (Å²) in [5.41, 5.74) is 0.397. The quantitative estimate of drug-likeness (QED) is 0.492. The fourth-order valence-electron chi connectivity index (χ4n) is 2.49. The third-order valence-electron chi connectivity index (χ3n) is 3.77. The van der Waals surface area contributed by atoms with Crippen molar-refractivity contribution in [2.75, 3.05) is 6.61 Å². The number of phenolic OH excluding ortho intramolecular Hbond substituents is 1. The van der Waals surface area contributed by atoms with E-state index >= 15 is 0 Å². The molecule has 1 aromatic carbocycles. The molecule has 5 atom stereocenters. The molecular weight excluding hydrogens is 306 g/mol. The van der Waals surface area contributed by atoms with E-state index in [4.69, 9.17) is 14.6 Å². The van der Waals surface area contributed by atoms with Crippen LogP contribution in [0.5, 0.6) is 11.5 Å². The van der Waals surface area contributed by atoms with Crippen LogP contribution < -0.4 is 4.74 Å². The maximum absolute atomic E-state index is 9.94. The Hall–Kier alpha value is -1.97. The Morgan fingerprint density at radius 3 is 2.65 bits per heavy atom. The standard InChI is InChI=1S/C15H17NO7/c17-6-10-12(19)13(20)14(21)15(23-10)22-8-4-7-2-1-3-9(18)11(7)16-5-8/h1-5,10,12-15,17-21H,6H2/t10-,12-,13+,14-,15?/m1/s1. The molecule has 8 nitrogen and oxygen atoms in total. The number of ether oxygens (including phenoxy) is 2. The number of phenols is 1. The molecule has 5 N–H and O–H groups in total. The number of hydrogen-bond donors (Lipinski definition) is 5. The lowest BCUT2D eigenvalue weighted by molar-refractivity contribution is -0.277. The molecule has 1 aliphatic heterocycles. The van der Waals surface area contributed by atoms with Gasteiger partial charge in [-0.2, -0.15) is 0 Å². The topological polar surface area (TPSA) is 132 Å². The highest BCUT2D eigenvalue weighted by atomic mass is 16.7. The van der Waals surface area contributed by atoms with Crippen molar-refractivity contribution in [2.45, 2.75) is 30.7 Å². The van der Waals surface area contributed by atoms with Crippen molar-refractivity contribution in [3.8, 4) is 11.5 Å². The number of rotatable bonds is 3. The second-order valence-corrected chi connectivity index (χ2v) is 5.34. The summed E-state index contributed by atoms with van der Waals surface area (Å²) < 4.78 is 10.7.